The fourth-order valence-electron chi connectivity index (χ4n) is 1.58. The van der Waals surface area contributed by atoms with Crippen LogP contribution in [0.5, 0.6) is 0 Å². The van der Waals surface area contributed by atoms with Gasteiger partial charge in [-0.3, -0.25) is 4.55 Å². The molecule has 117 valence electrons. The van der Waals surface area contributed by atoms with Crippen LogP contribution in [0.4, 0.5) is 15.9 Å². The Morgan fingerprint density at radius 2 is 1.86 bits per heavy atom. The Hall–Kier alpha value is -2.11. The highest BCUT2D eigenvalue weighted by atomic mass is 32.2. The quantitative estimate of drug-likeness (QED) is 0.615. The number of halogens is 1. The molecule has 0 amide bonds. The zero-order valence-corrected chi connectivity index (χ0v) is 12.6. The van der Waals surface area contributed by atoms with Crippen molar-refractivity contribution in [3.05, 3.63) is 36.5 Å². The molecule has 1 radical (unpaired) electrons. The lowest BCUT2D eigenvalue weighted by Crippen LogP contribution is -2.10. The SMILES string of the molecule is CS(=O)(=O)c1[c]nc(F)nc1Nc1ccccc1S(=O)(=O)O. The smallest absolute Gasteiger partial charge is 0.311 e. The molecular weight excluding hydrogens is 337 g/mol. The Kier molecular flexibility index (Phi) is 4.13. The van der Waals surface area contributed by atoms with Gasteiger partial charge in [0.1, 0.15) is 16.0 Å². The van der Waals surface area contributed by atoms with E-state index in [2.05, 4.69) is 15.3 Å². The van der Waals surface area contributed by atoms with Gasteiger partial charge >= 0.3 is 6.08 Å². The van der Waals surface area contributed by atoms with Crippen molar-refractivity contribution >= 4 is 31.5 Å². The number of aromatic nitrogens is 2. The predicted molar refractivity (Wildman–Crippen MR) is 73.5 cm³/mol. The minimum Gasteiger partial charge on any atom is -0.338 e. The van der Waals surface area contributed by atoms with Crippen molar-refractivity contribution in [1.82, 2.24) is 9.97 Å². The number of nitrogens with one attached hydrogen (secondary N) is 1. The van der Waals surface area contributed by atoms with E-state index >= 15 is 0 Å². The van der Waals surface area contributed by atoms with Gasteiger partial charge in [0, 0.05) is 6.26 Å². The summed E-state index contributed by atoms with van der Waals surface area (Å²) in [5.41, 5.74) is -0.179. The van der Waals surface area contributed by atoms with E-state index in [-0.39, 0.29) is 5.69 Å². The van der Waals surface area contributed by atoms with Crippen molar-refractivity contribution in [3.8, 4) is 0 Å². The minimum atomic E-state index is -4.57. The average molecular weight is 346 g/mol. The van der Waals surface area contributed by atoms with Gasteiger partial charge in [-0.25, -0.2) is 8.42 Å². The Morgan fingerprint density at radius 3 is 2.45 bits per heavy atom. The molecule has 2 aromatic rings. The van der Waals surface area contributed by atoms with Crippen LogP contribution in [-0.2, 0) is 20.0 Å². The topological polar surface area (TPSA) is 126 Å². The molecule has 0 atom stereocenters. The molecule has 11 heteroatoms. The summed E-state index contributed by atoms with van der Waals surface area (Å²) >= 11 is 0. The van der Waals surface area contributed by atoms with Crippen LogP contribution in [0.2, 0.25) is 0 Å². The van der Waals surface area contributed by atoms with E-state index in [1.54, 1.807) is 0 Å². The molecule has 0 fully saturated rings. The average Bonchev–Trinajstić information content (AvgIpc) is 2.36. The first-order valence-corrected chi connectivity index (χ1v) is 8.91. The fraction of sp³-hybridized carbons (Fsp3) is 0.0909. The Bertz CT molecular complexity index is 928. The lowest BCUT2D eigenvalue weighted by Gasteiger charge is -2.11. The van der Waals surface area contributed by atoms with E-state index in [0.717, 1.165) is 12.3 Å². The van der Waals surface area contributed by atoms with Gasteiger partial charge < -0.3 is 5.32 Å². The molecule has 0 spiro atoms. The number of nitrogens with zero attached hydrogens (tertiary/aromatic N) is 2. The molecular formula is C11H9FN3O5S2. The molecule has 1 aromatic heterocycles. The zero-order chi connectivity index (χ0) is 16.5. The van der Waals surface area contributed by atoms with Gasteiger partial charge in [0.25, 0.3) is 10.1 Å². The van der Waals surface area contributed by atoms with Gasteiger partial charge in [-0.15, -0.1) is 0 Å². The van der Waals surface area contributed by atoms with Crippen molar-refractivity contribution in [1.29, 1.82) is 0 Å². The molecule has 8 nitrogen and oxygen atoms in total. The van der Waals surface area contributed by atoms with E-state index in [1.807, 2.05) is 6.20 Å². The molecule has 0 saturated heterocycles. The minimum absolute atomic E-state index is 0.179. The second kappa shape index (κ2) is 5.59. The van der Waals surface area contributed by atoms with Crippen LogP contribution in [0.3, 0.4) is 0 Å². The third kappa shape index (κ3) is 3.55. The number of rotatable bonds is 4. The number of para-hydroxylation sites is 1. The first kappa shape index (κ1) is 16.3. The third-order valence-electron chi connectivity index (χ3n) is 2.46. The highest BCUT2D eigenvalue weighted by Gasteiger charge is 2.21. The highest BCUT2D eigenvalue weighted by Crippen LogP contribution is 2.26. The van der Waals surface area contributed by atoms with Crippen molar-refractivity contribution in [2.75, 3.05) is 11.6 Å². The van der Waals surface area contributed by atoms with Crippen LogP contribution >= 0.6 is 0 Å². The summed E-state index contributed by atoms with van der Waals surface area (Å²) in [6.07, 6.45) is 1.56. The van der Waals surface area contributed by atoms with Crippen LogP contribution in [0.15, 0.2) is 34.1 Å². The van der Waals surface area contributed by atoms with Gasteiger partial charge in [-0.2, -0.15) is 22.8 Å². The lowest BCUT2D eigenvalue weighted by molar-refractivity contribution is 0.483. The molecule has 0 bridgehead atoms. The summed E-state index contributed by atoms with van der Waals surface area (Å²) in [4.78, 5) is 5.25. The van der Waals surface area contributed by atoms with E-state index < -0.39 is 41.6 Å². The largest absolute Gasteiger partial charge is 0.338 e. The number of anilines is 2. The summed E-state index contributed by atoms with van der Waals surface area (Å²) in [5, 5.41) is 2.35. The van der Waals surface area contributed by atoms with Crippen LogP contribution in [-0.4, -0.2) is 37.6 Å². The van der Waals surface area contributed by atoms with Crippen LogP contribution in [0.25, 0.3) is 0 Å². The Balaban J connectivity index is 2.61. The van der Waals surface area contributed by atoms with Gasteiger partial charge in [-0.05, 0) is 12.1 Å². The van der Waals surface area contributed by atoms with Gasteiger partial charge in [0.05, 0.1) is 5.69 Å². The van der Waals surface area contributed by atoms with Crippen molar-refractivity contribution in [3.63, 3.8) is 0 Å². The second-order valence-electron chi connectivity index (χ2n) is 4.15. The molecule has 0 aliphatic carbocycles. The van der Waals surface area contributed by atoms with Gasteiger partial charge in [0.15, 0.2) is 15.7 Å². The van der Waals surface area contributed by atoms with E-state index in [0.29, 0.717) is 0 Å². The maximum atomic E-state index is 13.1. The summed E-state index contributed by atoms with van der Waals surface area (Å²) in [6, 6.07) is 5.10. The van der Waals surface area contributed by atoms with Crippen molar-refractivity contribution in [2.24, 2.45) is 0 Å². The summed E-state index contributed by atoms with van der Waals surface area (Å²) in [7, 11) is -8.41. The zero-order valence-electron chi connectivity index (χ0n) is 11.0. The number of sulfone groups is 1. The molecule has 0 aliphatic rings. The summed E-state index contributed by atoms with van der Waals surface area (Å²) < 4.78 is 68.0. The van der Waals surface area contributed by atoms with Gasteiger partial charge in [0.2, 0.25) is 0 Å². The molecule has 22 heavy (non-hydrogen) atoms. The van der Waals surface area contributed by atoms with E-state index in [9.17, 15) is 21.2 Å². The summed E-state index contributed by atoms with van der Waals surface area (Å²) in [6.45, 7) is 0. The number of hydrogen-bond donors (Lipinski definition) is 2. The van der Waals surface area contributed by atoms with Crippen LogP contribution < -0.4 is 5.32 Å². The predicted octanol–water partition coefficient (Wildman–Crippen LogP) is 0.810. The third-order valence-corrected chi connectivity index (χ3v) is 4.40. The maximum Gasteiger partial charge on any atom is 0.311 e. The first-order chi connectivity index (χ1) is 10.1. The Labute approximate surface area is 125 Å². The normalized spacial score (nSPS) is 12.1. The Morgan fingerprint density at radius 1 is 1.23 bits per heavy atom. The number of hydrogen-bond acceptors (Lipinski definition) is 7. The van der Waals surface area contributed by atoms with Crippen LogP contribution in [0, 0.1) is 12.3 Å². The maximum absolute atomic E-state index is 13.1. The number of benzene rings is 1. The monoisotopic (exact) mass is 346 g/mol. The molecule has 1 aromatic carbocycles. The summed E-state index contributed by atoms with van der Waals surface area (Å²) in [5.74, 6) is -0.494. The molecule has 0 saturated carbocycles. The second-order valence-corrected chi connectivity index (χ2v) is 7.49. The van der Waals surface area contributed by atoms with Crippen molar-refractivity contribution in [2.45, 2.75) is 9.79 Å². The van der Waals surface area contributed by atoms with Crippen molar-refractivity contribution < 1.29 is 25.8 Å². The van der Waals surface area contributed by atoms with Gasteiger partial charge in [-0.1, -0.05) is 12.1 Å². The van der Waals surface area contributed by atoms with E-state index in [1.165, 1.54) is 18.2 Å². The lowest BCUT2D eigenvalue weighted by atomic mass is 10.3. The van der Waals surface area contributed by atoms with E-state index in [4.69, 9.17) is 4.55 Å². The molecule has 2 N–H and O–H groups in total. The fourth-order valence-corrected chi connectivity index (χ4v) is 2.89. The molecule has 0 unspecified atom stereocenters. The standard InChI is InChI=1S/C11H9FN3O5S2/c1-21(16,17)9-6-13-11(12)15-10(9)14-7-4-2-3-5-8(7)22(18,19)20/h2-5H,1H3,(H,13,14,15)(H,18,19,20). The first-order valence-electron chi connectivity index (χ1n) is 5.58. The molecule has 2 rings (SSSR count). The highest BCUT2D eigenvalue weighted by molar-refractivity contribution is 7.90. The molecule has 1 heterocycles. The molecule has 0 aliphatic heterocycles. The van der Waals surface area contributed by atoms with Crippen LogP contribution in [0.1, 0.15) is 0 Å².